The standard InChI is InChI=1S/C14H21N3O3/c1-8-7-11-12(9(2)20-8)16-17-13(11)14(18)15-10-3-5-19-6-4-10/h8-10H,3-7H2,1-2H3,(H,15,18)(H,16,17)/t8-,9+/m1/s1. The van der Waals surface area contributed by atoms with Crippen LogP contribution in [0.1, 0.15) is 54.5 Å². The van der Waals surface area contributed by atoms with Crippen LogP contribution < -0.4 is 5.32 Å². The molecule has 1 aromatic rings. The van der Waals surface area contributed by atoms with E-state index >= 15 is 0 Å². The van der Waals surface area contributed by atoms with Crippen molar-refractivity contribution in [1.29, 1.82) is 0 Å². The summed E-state index contributed by atoms with van der Waals surface area (Å²) in [6.45, 7) is 5.43. The second-order valence-corrected chi connectivity index (χ2v) is 5.62. The molecule has 0 bridgehead atoms. The molecule has 2 atom stereocenters. The van der Waals surface area contributed by atoms with Crippen LogP contribution in [0.5, 0.6) is 0 Å². The number of carbonyl (C=O) groups is 1. The monoisotopic (exact) mass is 279 g/mol. The molecule has 6 heteroatoms. The van der Waals surface area contributed by atoms with Crippen LogP contribution in [0.3, 0.4) is 0 Å². The van der Waals surface area contributed by atoms with E-state index in [-0.39, 0.29) is 24.2 Å². The molecule has 0 aliphatic carbocycles. The number of nitrogens with zero attached hydrogens (tertiary/aromatic N) is 1. The number of nitrogens with one attached hydrogen (secondary N) is 2. The number of aromatic amines is 1. The van der Waals surface area contributed by atoms with Crippen molar-refractivity contribution in [2.75, 3.05) is 13.2 Å². The highest BCUT2D eigenvalue weighted by Crippen LogP contribution is 2.30. The van der Waals surface area contributed by atoms with Gasteiger partial charge in [0.25, 0.3) is 5.91 Å². The normalized spacial score (nSPS) is 27.1. The van der Waals surface area contributed by atoms with E-state index in [0.717, 1.165) is 30.5 Å². The first kappa shape index (κ1) is 13.6. The molecule has 20 heavy (non-hydrogen) atoms. The highest BCUT2D eigenvalue weighted by atomic mass is 16.5. The number of aromatic nitrogens is 2. The third-order valence-electron chi connectivity index (χ3n) is 4.01. The van der Waals surface area contributed by atoms with Gasteiger partial charge in [0.15, 0.2) is 5.69 Å². The Balaban J connectivity index is 1.75. The van der Waals surface area contributed by atoms with Crippen molar-refractivity contribution in [3.05, 3.63) is 17.0 Å². The number of hydrogen-bond donors (Lipinski definition) is 2. The highest BCUT2D eigenvalue weighted by molar-refractivity contribution is 5.94. The van der Waals surface area contributed by atoms with Gasteiger partial charge in [0.2, 0.25) is 0 Å². The molecule has 1 fully saturated rings. The van der Waals surface area contributed by atoms with Crippen LogP contribution in [-0.2, 0) is 15.9 Å². The molecule has 0 spiro atoms. The van der Waals surface area contributed by atoms with Crippen LogP contribution in [0, 0.1) is 0 Å². The van der Waals surface area contributed by atoms with Gasteiger partial charge in [-0.25, -0.2) is 0 Å². The van der Waals surface area contributed by atoms with E-state index in [1.54, 1.807) is 0 Å². The first-order valence-corrected chi connectivity index (χ1v) is 7.26. The molecule has 0 unspecified atom stereocenters. The fourth-order valence-electron chi connectivity index (χ4n) is 2.96. The van der Waals surface area contributed by atoms with Gasteiger partial charge in [-0.2, -0.15) is 5.10 Å². The third kappa shape index (κ3) is 2.58. The first-order valence-electron chi connectivity index (χ1n) is 7.26. The minimum absolute atomic E-state index is 0.0362. The van der Waals surface area contributed by atoms with Gasteiger partial charge < -0.3 is 14.8 Å². The fourth-order valence-corrected chi connectivity index (χ4v) is 2.96. The molecule has 6 nitrogen and oxygen atoms in total. The summed E-state index contributed by atoms with van der Waals surface area (Å²) >= 11 is 0. The topological polar surface area (TPSA) is 76.2 Å². The molecule has 0 radical (unpaired) electrons. The van der Waals surface area contributed by atoms with Gasteiger partial charge in [0.1, 0.15) is 0 Å². The van der Waals surface area contributed by atoms with Gasteiger partial charge in [-0.05, 0) is 26.7 Å². The number of fused-ring (bicyclic) bond motifs is 1. The van der Waals surface area contributed by atoms with Crippen LogP contribution >= 0.6 is 0 Å². The Morgan fingerprint density at radius 1 is 1.35 bits per heavy atom. The van der Waals surface area contributed by atoms with E-state index in [9.17, 15) is 4.79 Å². The SMILES string of the molecule is C[C@@H]1Cc2c(C(=O)NC3CCOCC3)n[nH]c2[C@H](C)O1. The Morgan fingerprint density at radius 2 is 2.10 bits per heavy atom. The summed E-state index contributed by atoms with van der Waals surface area (Å²) in [4.78, 5) is 12.4. The Morgan fingerprint density at radius 3 is 2.85 bits per heavy atom. The average Bonchev–Trinajstić information content (AvgIpc) is 2.84. The molecule has 3 rings (SSSR count). The Labute approximate surface area is 118 Å². The highest BCUT2D eigenvalue weighted by Gasteiger charge is 2.30. The summed E-state index contributed by atoms with van der Waals surface area (Å²) in [7, 11) is 0. The van der Waals surface area contributed by atoms with E-state index in [1.165, 1.54) is 0 Å². The van der Waals surface area contributed by atoms with E-state index < -0.39 is 0 Å². The zero-order chi connectivity index (χ0) is 14.1. The zero-order valence-electron chi connectivity index (χ0n) is 11.9. The van der Waals surface area contributed by atoms with Gasteiger partial charge in [0.05, 0.1) is 17.9 Å². The van der Waals surface area contributed by atoms with Gasteiger partial charge in [0, 0.05) is 31.2 Å². The molecule has 0 saturated carbocycles. The number of hydrogen-bond acceptors (Lipinski definition) is 4. The Bertz CT molecular complexity index is 494. The molecule has 2 aliphatic rings. The number of carbonyl (C=O) groups excluding carboxylic acids is 1. The number of rotatable bonds is 2. The van der Waals surface area contributed by atoms with Crippen LogP contribution in [0.2, 0.25) is 0 Å². The van der Waals surface area contributed by atoms with Crippen molar-refractivity contribution in [3.63, 3.8) is 0 Å². The lowest BCUT2D eigenvalue weighted by Gasteiger charge is -2.26. The summed E-state index contributed by atoms with van der Waals surface area (Å²) < 4.78 is 11.0. The largest absolute Gasteiger partial charge is 0.381 e. The lowest BCUT2D eigenvalue weighted by molar-refractivity contribution is -0.00697. The minimum atomic E-state index is -0.0873. The van der Waals surface area contributed by atoms with Crippen LogP contribution in [0.4, 0.5) is 0 Å². The molecule has 2 aliphatic heterocycles. The van der Waals surface area contributed by atoms with Gasteiger partial charge in [-0.3, -0.25) is 9.89 Å². The second-order valence-electron chi connectivity index (χ2n) is 5.62. The van der Waals surface area contributed by atoms with Crippen molar-refractivity contribution in [1.82, 2.24) is 15.5 Å². The molecular weight excluding hydrogens is 258 g/mol. The second kappa shape index (κ2) is 5.54. The smallest absolute Gasteiger partial charge is 0.272 e. The maximum Gasteiger partial charge on any atom is 0.272 e. The van der Waals surface area contributed by atoms with E-state index in [1.807, 2.05) is 13.8 Å². The quantitative estimate of drug-likeness (QED) is 0.856. The van der Waals surface area contributed by atoms with Gasteiger partial charge >= 0.3 is 0 Å². The van der Waals surface area contributed by atoms with Crippen molar-refractivity contribution in [2.45, 2.75) is 51.4 Å². The van der Waals surface area contributed by atoms with Gasteiger partial charge in [-0.1, -0.05) is 0 Å². The Hall–Kier alpha value is -1.40. The number of H-pyrrole nitrogens is 1. The molecule has 3 heterocycles. The molecule has 1 saturated heterocycles. The molecule has 1 amide bonds. The summed E-state index contributed by atoms with van der Waals surface area (Å²) in [5.41, 5.74) is 2.45. The van der Waals surface area contributed by atoms with Crippen LogP contribution in [0.15, 0.2) is 0 Å². The van der Waals surface area contributed by atoms with Crippen molar-refractivity contribution < 1.29 is 14.3 Å². The maximum absolute atomic E-state index is 12.4. The van der Waals surface area contributed by atoms with E-state index in [2.05, 4.69) is 15.5 Å². The van der Waals surface area contributed by atoms with Crippen molar-refractivity contribution >= 4 is 5.91 Å². The predicted molar refractivity (Wildman–Crippen MR) is 72.6 cm³/mol. The third-order valence-corrected chi connectivity index (χ3v) is 4.01. The Kier molecular flexibility index (Phi) is 3.76. The number of amides is 1. The lowest BCUT2D eigenvalue weighted by atomic mass is 9.99. The summed E-state index contributed by atoms with van der Waals surface area (Å²) in [6.07, 6.45) is 2.55. The molecule has 0 aromatic carbocycles. The fraction of sp³-hybridized carbons (Fsp3) is 0.714. The summed E-state index contributed by atoms with van der Waals surface area (Å²) in [5, 5.41) is 10.2. The maximum atomic E-state index is 12.4. The van der Waals surface area contributed by atoms with Crippen LogP contribution in [0.25, 0.3) is 0 Å². The van der Waals surface area contributed by atoms with Gasteiger partial charge in [-0.15, -0.1) is 0 Å². The molecule has 2 N–H and O–H groups in total. The summed E-state index contributed by atoms with van der Waals surface area (Å²) in [5.74, 6) is -0.0873. The summed E-state index contributed by atoms with van der Waals surface area (Å²) in [6, 6.07) is 0.193. The molecule has 1 aromatic heterocycles. The minimum Gasteiger partial charge on any atom is -0.381 e. The average molecular weight is 279 g/mol. The molecular formula is C14H21N3O3. The van der Waals surface area contributed by atoms with Crippen molar-refractivity contribution in [3.8, 4) is 0 Å². The van der Waals surface area contributed by atoms with E-state index in [0.29, 0.717) is 18.9 Å². The predicted octanol–water partition coefficient (Wildman–Crippen LogP) is 1.34. The zero-order valence-corrected chi connectivity index (χ0v) is 11.9. The van der Waals surface area contributed by atoms with E-state index in [4.69, 9.17) is 9.47 Å². The van der Waals surface area contributed by atoms with Crippen molar-refractivity contribution in [2.24, 2.45) is 0 Å². The molecule has 110 valence electrons. The first-order chi connectivity index (χ1) is 9.65. The number of ether oxygens (including phenoxy) is 2. The van der Waals surface area contributed by atoms with Crippen LogP contribution in [-0.4, -0.2) is 41.5 Å². The lowest BCUT2D eigenvalue weighted by Crippen LogP contribution is -2.39.